The summed E-state index contributed by atoms with van der Waals surface area (Å²) in [6.07, 6.45) is 1.71. The van der Waals surface area contributed by atoms with Gasteiger partial charge in [0.1, 0.15) is 0 Å². The van der Waals surface area contributed by atoms with Crippen LogP contribution in [-0.2, 0) is 0 Å². The molecule has 1 aromatic carbocycles. The Morgan fingerprint density at radius 1 is 1.26 bits per heavy atom. The summed E-state index contributed by atoms with van der Waals surface area (Å²) in [6, 6.07) is 10.5. The van der Waals surface area contributed by atoms with E-state index in [0.29, 0.717) is 5.56 Å². The van der Waals surface area contributed by atoms with Crippen molar-refractivity contribution in [3.8, 4) is 5.75 Å². The number of hydrogen-bond acceptors (Lipinski definition) is 3. The van der Waals surface area contributed by atoms with Gasteiger partial charge < -0.3 is 10.1 Å². The number of methoxy groups -OCH3 is 1. The first-order valence-electron chi connectivity index (χ1n) is 6.24. The monoisotopic (exact) mass is 260 g/mol. The molecule has 0 aliphatic carbocycles. The number of rotatable bonds is 5. The normalized spacial score (nSPS) is 12.2. The van der Waals surface area contributed by atoms with E-state index in [1.165, 1.54) is 7.11 Å². The van der Waals surface area contributed by atoms with Crippen molar-refractivity contribution in [1.29, 1.82) is 0 Å². The number of aromatic nitrogens is 1. The fourth-order valence-electron chi connectivity index (χ4n) is 2.03. The molecule has 1 aromatic heterocycles. The molecule has 100 valence electrons. The van der Waals surface area contributed by atoms with Crippen LogP contribution >= 0.6 is 0 Å². The summed E-state index contributed by atoms with van der Waals surface area (Å²) in [5, 5.41) is 3.25. The number of nitrogens with one attached hydrogen (secondary N) is 1. The first-order valence-corrected chi connectivity index (χ1v) is 6.24. The number of ether oxygens (including phenoxy) is 1. The molecule has 19 heavy (non-hydrogen) atoms. The molecule has 0 bridgehead atoms. The van der Waals surface area contributed by atoms with E-state index in [-0.39, 0.29) is 17.6 Å². The van der Waals surface area contributed by atoms with Crippen LogP contribution in [0.3, 0.4) is 0 Å². The van der Waals surface area contributed by atoms with E-state index in [4.69, 9.17) is 4.74 Å². The Balaban J connectivity index is 2.45. The zero-order chi connectivity index (χ0) is 13.7. The molecule has 0 aliphatic rings. The SMILES string of the molecule is CCNC(c1ccccn1)c1cccc(OC)c1F. The molecule has 0 saturated carbocycles. The van der Waals surface area contributed by atoms with Crippen molar-refractivity contribution in [2.75, 3.05) is 13.7 Å². The lowest BCUT2D eigenvalue weighted by Gasteiger charge is -2.19. The maximum absolute atomic E-state index is 14.3. The minimum absolute atomic E-state index is 0.247. The summed E-state index contributed by atoms with van der Waals surface area (Å²) in [5.74, 6) is -0.0991. The maximum atomic E-state index is 14.3. The molecule has 2 aromatic rings. The van der Waals surface area contributed by atoms with Crippen LogP contribution in [0.2, 0.25) is 0 Å². The first-order chi connectivity index (χ1) is 9.27. The van der Waals surface area contributed by atoms with Gasteiger partial charge in [0, 0.05) is 11.8 Å². The Kier molecular flexibility index (Phi) is 4.47. The average Bonchev–Trinajstić information content (AvgIpc) is 2.46. The molecule has 0 spiro atoms. The molecule has 0 amide bonds. The maximum Gasteiger partial charge on any atom is 0.170 e. The minimum Gasteiger partial charge on any atom is -0.494 e. The summed E-state index contributed by atoms with van der Waals surface area (Å²) in [6.45, 7) is 2.70. The van der Waals surface area contributed by atoms with E-state index in [1.54, 1.807) is 24.4 Å². The Labute approximate surface area is 112 Å². The average molecular weight is 260 g/mol. The molecule has 0 fully saturated rings. The van der Waals surface area contributed by atoms with Crippen molar-refractivity contribution < 1.29 is 9.13 Å². The third-order valence-electron chi connectivity index (χ3n) is 2.92. The second-order valence-corrected chi connectivity index (χ2v) is 4.11. The van der Waals surface area contributed by atoms with Crippen LogP contribution in [-0.4, -0.2) is 18.6 Å². The van der Waals surface area contributed by atoms with Gasteiger partial charge in [-0.2, -0.15) is 0 Å². The molecule has 1 N–H and O–H groups in total. The van der Waals surface area contributed by atoms with E-state index in [0.717, 1.165) is 12.2 Å². The number of nitrogens with zero attached hydrogens (tertiary/aromatic N) is 1. The summed E-state index contributed by atoms with van der Waals surface area (Å²) in [5.41, 5.74) is 1.33. The number of halogens is 1. The van der Waals surface area contributed by atoms with E-state index in [1.807, 2.05) is 25.1 Å². The van der Waals surface area contributed by atoms with Gasteiger partial charge in [0.05, 0.1) is 18.8 Å². The summed E-state index contributed by atoms with van der Waals surface area (Å²) >= 11 is 0. The van der Waals surface area contributed by atoms with Gasteiger partial charge in [-0.1, -0.05) is 25.1 Å². The van der Waals surface area contributed by atoms with Gasteiger partial charge in [-0.3, -0.25) is 4.98 Å². The Bertz CT molecular complexity index is 531. The number of pyridine rings is 1. The lowest BCUT2D eigenvalue weighted by atomic mass is 10.0. The van der Waals surface area contributed by atoms with Crippen molar-refractivity contribution in [2.24, 2.45) is 0 Å². The Morgan fingerprint density at radius 2 is 2.11 bits per heavy atom. The lowest BCUT2D eigenvalue weighted by molar-refractivity contribution is 0.381. The molecule has 1 heterocycles. The van der Waals surface area contributed by atoms with Gasteiger partial charge in [-0.15, -0.1) is 0 Å². The quantitative estimate of drug-likeness (QED) is 0.897. The van der Waals surface area contributed by atoms with Crippen LogP contribution in [0.1, 0.15) is 24.2 Å². The highest BCUT2D eigenvalue weighted by Crippen LogP contribution is 2.28. The smallest absolute Gasteiger partial charge is 0.170 e. The van der Waals surface area contributed by atoms with Gasteiger partial charge in [0.15, 0.2) is 11.6 Å². The first kappa shape index (κ1) is 13.5. The molecule has 0 saturated heterocycles. The summed E-state index contributed by atoms with van der Waals surface area (Å²) in [4.78, 5) is 4.30. The molecule has 1 atom stereocenters. The third kappa shape index (κ3) is 2.90. The van der Waals surface area contributed by atoms with Crippen molar-refractivity contribution >= 4 is 0 Å². The van der Waals surface area contributed by atoms with Crippen molar-refractivity contribution in [2.45, 2.75) is 13.0 Å². The van der Waals surface area contributed by atoms with Gasteiger partial charge >= 0.3 is 0 Å². The molecule has 0 aliphatic heterocycles. The van der Waals surface area contributed by atoms with Gasteiger partial charge in [0.2, 0.25) is 0 Å². The summed E-state index contributed by atoms with van der Waals surface area (Å²) < 4.78 is 19.4. The molecule has 4 heteroatoms. The van der Waals surface area contributed by atoms with Crippen molar-refractivity contribution in [3.63, 3.8) is 0 Å². The van der Waals surface area contributed by atoms with Gasteiger partial charge in [0.25, 0.3) is 0 Å². The van der Waals surface area contributed by atoms with E-state index >= 15 is 0 Å². The highest BCUT2D eigenvalue weighted by atomic mass is 19.1. The standard InChI is InChI=1S/C15H17FN2O/c1-3-17-15(12-8-4-5-10-18-12)11-7-6-9-13(19-2)14(11)16/h4-10,15,17H,3H2,1-2H3. The van der Waals surface area contributed by atoms with Crippen LogP contribution in [0.5, 0.6) is 5.75 Å². The Morgan fingerprint density at radius 3 is 2.74 bits per heavy atom. The predicted octanol–water partition coefficient (Wildman–Crippen LogP) is 2.93. The lowest BCUT2D eigenvalue weighted by Crippen LogP contribution is -2.24. The van der Waals surface area contributed by atoms with E-state index < -0.39 is 0 Å². The Hall–Kier alpha value is -1.94. The van der Waals surface area contributed by atoms with Crippen molar-refractivity contribution in [3.05, 3.63) is 59.7 Å². The van der Waals surface area contributed by atoms with Crippen LogP contribution < -0.4 is 10.1 Å². The van der Waals surface area contributed by atoms with Crippen molar-refractivity contribution in [1.82, 2.24) is 10.3 Å². The van der Waals surface area contributed by atoms with Gasteiger partial charge in [-0.05, 0) is 24.7 Å². The molecule has 2 rings (SSSR count). The second-order valence-electron chi connectivity index (χ2n) is 4.11. The molecular weight excluding hydrogens is 243 g/mol. The largest absolute Gasteiger partial charge is 0.494 e. The highest BCUT2D eigenvalue weighted by Gasteiger charge is 2.20. The second kappa shape index (κ2) is 6.29. The fraction of sp³-hybridized carbons (Fsp3) is 0.267. The van der Waals surface area contributed by atoms with E-state index in [9.17, 15) is 4.39 Å². The number of benzene rings is 1. The molecule has 3 nitrogen and oxygen atoms in total. The topological polar surface area (TPSA) is 34.2 Å². The molecule has 1 unspecified atom stereocenters. The van der Waals surface area contributed by atoms with Crippen LogP contribution in [0.25, 0.3) is 0 Å². The minimum atomic E-state index is -0.346. The fourth-order valence-corrected chi connectivity index (χ4v) is 2.03. The third-order valence-corrected chi connectivity index (χ3v) is 2.92. The zero-order valence-electron chi connectivity index (χ0n) is 11.1. The van der Waals surface area contributed by atoms with Gasteiger partial charge in [-0.25, -0.2) is 4.39 Å². The predicted molar refractivity (Wildman–Crippen MR) is 72.7 cm³/mol. The molecular formula is C15H17FN2O. The highest BCUT2D eigenvalue weighted by molar-refractivity contribution is 5.36. The van der Waals surface area contributed by atoms with Crippen LogP contribution in [0, 0.1) is 5.82 Å². The number of hydrogen-bond donors (Lipinski definition) is 1. The molecule has 0 radical (unpaired) electrons. The zero-order valence-corrected chi connectivity index (χ0v) is 11.1. The van der Waals surface area contributed by atoms with E-state index in [2.05, 4.69) is 10.3 Å². The van der Waals surface area contributed by atoms with Crippen LogP contribution in [0.15, 0.2) is 42.6 Å². The van der Waals surface area contributed by atoms with Crippen LogP contribution in [0.4, 0.5) is 4.39 Å². The summed E-state index contributed by atoms with van der Waals surface area (Å²) in [7, 11) is 1.46.